The largest absolute Gasteiger partial charge is 0.492 e. The van der Waals surface area contributed by atoms with Crippen LogP contribution in [0.3, 0.4) is 0 Å². The number of halogens is 1. The van der Waals surface area contributed by atoms with Crippen molar-refractivity contribution in [2.75, 3.05) is 32.5 Å². The highest BCUT2D eigenvalue weighted by Crippen LogP contribution is 2.55. The first-order valence-corrected chi connectivity index (χ1v) is 12.6. The Morgan fingerprint density at radius 1 is 1.34 bits per heavy atom. The van der Waals surface area contributed by atoms with Crippen LogP contribution >= 0.6 is 11.6 Å². The normalized spacial score (nSPS) is 35.0. The van der Waals surface area contributed by atoms with Crippen LogP contribution in [0.1, 0.15) is 37.8 Å². The highest BCUT2D eigenvalue weighted by Gasteiger charge is 2.62. The number of nitrogens with zero attached hydrogens (tertiary/aromatic N) is 1. The van der Waals surface area contributed by atoms with E-state index in [1.54, 1.807) is 0 Å². The maximum absolute atomic E-state index is 11.6. The zero-order valence-electron chi connectivity index (χ0n) is 17.2. The topological polar surface area (TPSA) is 67.9 Å². The molecule has 160 valence electrons. The molecule has 0 unspecified atom stereocenters. The van der Waals surface area contributed by atoms with Crippen molar-refractivity contribution in [3.8, 4) is 5.75 Å². The van der Waals surface area contributed by atoms with E-state index >= 15 is 0 Å². The molecule has 0 aromatic heterocycles. The van der Waals surface area contributed by atoms with Gasteiger partial charge in [0, 0.05) is 59.6 Å². The molecule has 5 rings (SSSR count). The average molecular weight is 441 g/mol. The van der Waals surface area contributed by atoms with Crippen molar-refractivity contribution in [1.29, 1.82) is 0 Å². The summed E-state index contributed by atoms with van der Waals surface area (Å²) in [4.78, 5) is 2.43. The number of hydrogen-bond donors (Lipinski definition) is 1. The van der Waals surface area contributed by atoms with Gasteiger partial charge >= 0.3 is 0 Å². The fourth-order valence-electron chi connectivity index (χ4n) is 5.94. The SMILES string of the molecule is CC1(C)COc2c(CN3C[C@@H]4[C@H](CNS(C)(=O)=O)[C@H]5CC[C@]4(C3)O5)cc(Cl)cc21. The molecule has 0 aliphatic carbocycles. The summed E-state index contributed by atoms with van der Waals surface area (Å²) < 4.78 is 38.4. The molecular weight excluding hydrogens is 412 g/mol. The van der Waals surface area contributed by atoms with Gasteiger partial charge in [-0.25, -0.2) is 13.1 Å². The molecule has 3 saturated heterocycles. The minimum atomic E-state index is -3.19. The Hall–Kier alpha value is -0.860. The van der Waals surface area contributed by atoms with Crippen LogP contribution in [0.25, 0.3) is 0 Å². The van der Waals surface area contributed by atoms with E-state index in [1.807, 2.05) is 12.1 Å². The smallest absolute Gasteiger partial charge is 0.208 e. The van der Waals surface area contributed by atoms with Gasteiger partial charge in [0.25, 0.3) is 0 Å². The Morgan fingerprint density at radius 3 is 2.90 bits per heavy atom. The molecule has 4 atom stereocenters. The molecule has 4 aliphatic rings. The summed E-state index contributed by atoms with van der Waals surface area (Å²) >= 11 is 6.44. The van der Waals surface area contributed by atoms with Crippen LogP contribution in [0.4, 0.5) is 0 Å². The molecule has 29 heavy (non-hydrogen) atoms. The van der Waals surface area contributed by atoms with E-state index < -0.39 is 10.0 Å². The summed E-state index contributed by atoms with van der Waals surface area (Å²) in [5.41, 5.74) is 2.16. The molecular formula is C21H29ClN2O4S. The van der Waals surface area contributed by atoms with Crippen molar-refractivity contribution in [1.82, 2.24) is 9.62 Å². The van der Waals surface area contributed by atoms with E-state index in [-0.39, 0.29) is 23.0 Å². The second-order valence-electron chi connectivity index (χ2n) is 9.93. The number of fused-ring (bicyclic) bond motifs is 2. The molecule has 6 nitrogen and oxygen atoms in total. The van der Waals surface area contributed by atoms with Crippen LogP contribution in [-0.4, -0.2) is 57.5 Å². The van der Waals surface area contributed by atoms with Gasteiger partial charge in [0.1, 0.15) is 5.75 Å². The minimum absolute atomic E-state index is 0.0284. The highest BCUT2D eigenvalue weighted by molar-refractivity contribution is 7.88. The summed E-state index contributed by atoms with van der Waals surface area (Å²) in [6.45, 7) is 8.08. The second-order valence-corrected chi connectivity index (χ2v) is 12.2. The molecule has 8 heteroatoms. The van der Waals surface area contributed by atoms with Gasteiger partial charge in [-0.15, -0.1) is 0 Å². The molecule has 4 heterocycles. The van der Waals surface area contributed by atoms with Crippen molar-refractivity contribution < 1.29 is 17.9 Å². The third kappa shape index (κ3) is 3.39. The van der Waals surface area contributed by atoms with Gasteiger partial charge in [0.2, 0.25) is 10.0 Å². The number of nitrogens with one attached hydrogen (secondary N) is 1. The summed E-state index contributed by atoms with van der Waals surface area (Å²) in [7, 11) is -3.19. The third-order valence-corrected chi connectivity index (χ3v) is 8.18. The zero-order valence-corrected chi connectivity index (χ0v) is 18.8. The highest BCUT2D eigenvalue weighted by atomic mass is 35.5. The first-order valence-electron chi connectivity index (χ1n) is 10.4. The van der Waals surface area contributed by atoms with Gasteiger partial charge in [0.05, 0.1) is 24.6 Å². The molecule has 0 amide bonds. The lowest BCUT2D eigenvalue weighted by molar-refractivity contribution is 0.00215. The van der Waals surface area contributed by atoms with Crippen LogP contribution in [0.15, 0.2) is 12.1 Å². The quantitative estimate of drug-likeness (QED) is 0.762. The molecule has 3 fully saturated rings. The molecule has 0 radical (unpaired) electrons. The molecule has 0 saturated carbocycles. The van der Waals surface area contributed by atoms with Crippen molar-refractivity contribution in [2.45, 2.75) is 50.4 Å². The van der Waals surface area contributed by atoms with E-state index in [1.165, 1.54) is 11.8 Å². The minimum Gasteiger partial charge on any atom is -0.492 e. The second kappa shape index (κ2) is 6.57. The Kier molecular flexibility index (Phi) is 4.54. The van der Waals surface area contributed by atoms with E-state index in [4.69, 9.17) is 21.1 Å². The van der Waals surface area contributed by atoms with Gasteiger partial charge in [-0.3, -0.25) is 4.90 Å². The number of ether oxygens (including phenoxy) is 2. The van der Waals surface area contributed by atoms with E-state index in [2.05, 4.69) is 23.5 Å². The van der Waals surface area contributed by atoms with Crippen molar-refractivity contribution in [2.24, 2.45) is 11.8 Å². The van der Waals surface area contributed by atoms with Gasteiger partial charge in [-0.2, -0.15) is 0 Å². The maximum atomic E-state index is 11.6. The summed E-state index contributed by atoms with van der Waals surface area (Å²) in [5, 5.41) is 0.752. The van der Waals surface area contributed by atoms with E-state index in [9.17, 15) is 8.42 Å². The number of rotatable bonds is 5. The molecule has 4 aliphatic heterocycles. The summed E-state index contributed by atoms with van der Waals surface area (Å²) in [6.07, 6.45) is 3.48. The predicted molar refractivity (Wildman–Crippen MR) is 112 cm³/mol. The molecule has 1 aromatic carbocycles. The first kappa shape index (κ1) is 20.1. The Balaban J connectivity index is 1.36. The number of sulfonamides is 1. The summed E-state index contributed by atoms with van der Waals surface area (Å²) in [6, 6.07) is 4.05. The van der Waals surface area contributed by atoms with Crippen molar-refractivity contribution >= 4 is 21.6 Å². The Bertz CT molecular complexity index is 950. The standard InChI is InChI=1S/C21H29ClN2O4S/c1-20(2)12-27-19-13(6-14(22)7-16(19)20)9-24-10-17-15(8-23-29(3,25)26)18-4-5-21(17,11-24)28-18/h6-7,15,17-18,23H,4-5,8-12H2,1-3H3/t15-,17+,18+,21+/m0/s1. The predicted octanol–water partition coefficient (Wildman–Crippen LogP) is 2.54. The van der Waals surface area contributed by atoms with E-state index in [0.29, 0.717) is 19.1 Å². The first-order chi connectivity index (χ1) is 13.6. The lowest BCUT2D eigenvalue weighted by Gasteiger charge is -2.29. The van der Waals surface area contributed by atoms with Gasteiger partial charge in [-0.05, 0) is 25.0 Å². The van der Waals surface area contributed by atoms with Crippen molar-refractivity contribution in [3.63, 3.8) is 0 Å². The summed E-state index contributed by atoms with van der Waals surface area (Å²) in [5.74, 6) is 1.58. The lowest BCUT2D eigenvalue weighted by atomic mass is 9.74. The van der Waals surface area contributed by atoms with Gasteiger partial charge < -0.3 is 9.47 Å². The van der Waals surface area contributed by atoms with Crippen molar-refractivity contribution in [3.05, 3.63) is 28.3 Å². The number of benzene rings is 1. The van der Waals surface area contributed by atoms with Crippen LogP contribution in [0, 0.1) is 11.8 Å². The lowest BCUT2D eigenvalue weighted by Crippen LogP contribution is -2.41. The molecule has 1 spiro atoms. The van der Waals surface area contributed by atoms with Crippen LogP contribution in [0.5, 0.6) is 5.75 Å². The Morgan fingerprint density at radius 2 is 2.14 bits per heavy atom. The fourth-order valence-corrected chi connectivity index (χ4v) is 6.68. The fraction of sp³-hybridized carbons (Fsp3) is 0.714. The van der Waals surface area contributed by atoms with Crippen LogP contribution in [0.2, 0.25) is 5.02 Å². The van der Waals surface area contributed by atoms with Gasteiger partial charge in [-0.1, -0.05) is 25.4 Å². The third-order valence-electron chi connectivity index (χ3n) is 7.27. The number of likely N-dealkylation sites (tertiary alicyclic amines) is 1. The Labute approximate surface area is 177 Å². The van der Waals surface area contributed by atoms with Crippen LogP contribution < -0.4 is 9.46 Å². The average Bonchev–Trinajstić information content (AvgIpc) is 3.31. The number of hydrogen-bond acceptors (Lipinski definition) is 5. The molecule has 1 aromatic rings. The molecule has 2 bridgehead atoms. The monoisotopic (exact) mass is 440 g/mol. The van der Waals surface area contributed by atoms with E-state index in [0.717, 1.165) is 48.8 Å². The molecule has 1 N–H and O–H groups in total. The van der Waals surface area contributed by atoms with Gasteiger partial charge in [0.15, 0.2) is 0 Å². The zero-order chi connectivity index (χ0) is 20.6. The maximum Gasteiger partial charge on any atom is 0.208 e. The van der Waals surface area contributed by atoms with Crippen LogP contribution in [-0.2, 0) is 26.7 Å².